The minimum absolute atomic E-state index is 0.0470. The molecule has 0 aromatic heterocycles. The number of likely N-dealkylation sites (N-methyl/N-ethyl adjacent to an activating group) is 1. The molecule has 0 fully saturated rings. The average molecular weight is 664 g/mol. The number of unbranched alkanes of at least 4 members (excludes halogenated alkanes) is 1. The molecule has 0 heterocycles. The van der Waals surface area contributed by atoms with Crippen LogP contribution in [0.1, 0.15) is 129 Å². The van der Waals surface area contributed by atoms with Gasteiger partial charge in [-0.3, -0.25) is 24.2 Å². The number of rotatable bonds is 31. The Hall–Kier alpha value is -0.480. The Morgan fingerprint density at radius 1 is 0.826 bits per heavy atom. The molecule has 0 saturated carbocycles. The van der Waals surface area contributed by atoms with Gasteiger partial charge in [0.05, 0.1) is 37.6 Å². The van der Waals surface area contributed by atoms with E-state index in [1.807, 2.05) is 44.7 Å². The fourth-order valence-electron chi connectivity index (χ4n) is 4.46. The second-order valence-corrected chi connectivity index (χ2v) is 13.6. The Morgan fingerprint density at radius 2 is 1.54 bits per heavy atom. The van der Waals surface area contributed by atoms with Crippen LogP contribution >= 0.6 is 0 Å². The average Bonchev–Trinajstić information content (AvgIpc) is 3.00. The summed E-state index contributed by atoms with van der Waals surface area (Å²) in [6.45, 7) is 32.0. The predicted octanol–water partition coefficient (Wildman–Crippen LogP) is 6.07. The quantitative estimate of drug-likeness (QED) is 0.0392. The van der Waals surface area contributed by atoms with Gasteiger partial charge in [-0.25, -0.2) is 11.0 Å². The first-order valence-corrected chi connectivity index (χ1v) is 18.1. The zero-order valence-electron chi connectivity index (χ0n) is 32.1. The topological polar surface area (TPSA) is 110 Å². The van der Waals surface area contributed by atoms with Crippen LogP contribution in [-0.4, -0.2) is 86.1 Å². The highest BCUT2D eigenvalue weighted by atomic mass is 16.7. The smallest absolute Gasteiger partial charge is 0.144 e. The van der Waals surface area contributed by atoms with Crippen LogP contribution in [0.3, 0.4) is 0 Å². The lowest BCUT2D eigenvalue weighted by Gasteiger charge is -2.51. The Morgan fingerprint density at radius 3 is 2.09 bits per heavy atom. The van der Waals surface area contributed by atoms with Crippen molar-refractivity contribution in [1.29, 1.82) is 0 Å². The van der Waals surface area contributed by atoms with Crippen molar-refractivity contribution in [2.45, 2.75) is 152 Å². The van der Waals surface area contributed by atoms with E-state index in [0.717, 1.165) is 38.3 Å². The summed E-state index contributed by atoms with van der Waals surface area (Å²) >= 11 is 0. The summed E-state index contributed by atoms with van der Waals surface area (Å²) in [5.41, 5.74) is 12.1. The number of hydrogen-bond donors (Lipinski definition) is 4. The van der Waals surface area contributed by atoms with E-state index in [2.05, 4.69) is 77.3 Å². The molecule has 3 unspecified atom stereocenters. The summed E-state index contributed by atoms with van der Waals surface area (Å²) in [4.78, 5) is 37.2. The molecule has 0 rings (SSSR count). The molecular weight excluding hydrogens is 588 g/mol. The molecule has 0 aliphatic heterocycles. The van der Waals surface area contributed by atoms with Gasteiger partial charge in [-0.15, -0.1) is 0 Å². The van der Waals surface area contributed by atoms with Crippen molar-refractivity contribution < 1.29 is 29.0 Å². The largest absolute Gasteiger partial charge is 0.302 e. The van der Waals surface area contributed by atoms with Crippen LogP contribution in [0, 0.1) is 17.9 Å². The maximum Gasteiger partial charge on any atom is 0.144 e. The van der Waals surface area contributed by atoms with Crippen LogP contribution in [0.15, 0.2) is 0 Å². The minimum atomic E-state index is -0.983. The summed E-state index contributed by atoms with van der Waals surface area (Å²) < 4.78 is 0. The first kappa shape index (κ1) is 45.5. The van der Waals surface area contributed by atoms with E-state index >= 15 is 0 Å². The lowest BCUT2D eigenvalue weighted by molar-refractivity contribution is -0.287. The standard InChI is InChI=1S/C34H75N6O6/c1-14-19-25-42-39(17-4)23-21-32(37-44-29(8)9)34(38-45-30(10)16-3,40(18-5)43-24-15-2)31(26-36-41-27-28(6)7)20-22-35-46-33(11,12)13/h28-31,35-38H,14-27H2,1-13H3. The molecule has 0 aliphatic rings. The van der Waals surface area contributed by atoms with E-state index < -0.39 is 5.66 Å². The van der Waals surface area contributed by atoms with Gasteiger partial charge < -0.3 is 4.84 Å². The second kappa shape index (κ2) is 26.4. The van der Waals surface area contributed by atoms with Crippen molar-refractivity contribution in [2.75, 3.05) is 52.5 Å². The highest BCUT2D eigenvalue weighted by molar-refractivity contribution is 5.11. The zero-order valence-corrected chi connectivity index (χ0v) is 32.1. The summed E-state index contributed by atoms with van der Waals surface area (Å²) in [6.07, 6.45) is 4.98. The number of hydrogen-bond acceptors (Lipinski definition) is 12. The van der Waals surface area contributed by atoms with Crippen LogP contribution in [-0.2, 0) is 29.0 Å². The summed E-state index contributed by atoms with van der Waals surface area (Å²) in [5, 5.41) is 4.03. The van der Waals surface area contributed by atoms with Gasteiger partial charge in [-0.1, -0.05) is 54.9 Å². The maximum absolute atomic E-state index is 6.57. The molecule has 0 aromatic carbocycles. The fraction of sp³-hybridized carbons (Fsp3) is 0.971. The van der Waals surface area contributed by atoms with Crippen LogP contribution in [0.4, 0.5) is 0 Å². The molecule has 0 amide bonds. The van der Waals surface area contributed by atoms with Crippen molar-refractivity contribution >= 4 is 0 Å². The third-order valence-electron chi connectivity index (χ3n) is 7.15. The highest BCUT2D eigenvalue weighted by Gasteiger charge is 2.52. The summed E-state index contributed by atoms with van der Waals surface area (Å²) in [6, 6.07) is 0.882. The van der Waals surface area contributed by atoms with Gasteiger partial charge in [-0.2, -0.15) is 21.1 Å². The van der Waals surface area contributed by atoms with E-state index in [1.54, 1.807) is 0 Å². The Balaban J connectivity index is 7.01. The number of nitrogens with one attached hydrogen (secondary N) is 4. The summed E-state index contributed by atoms with van der Waals surface area (Å²) in [5.74, 6) is 0.242. The van der Waals surface area contributed by atoms with Crippen LogP contribution in [0.2, 0.25) is 0 Å². The molecule has 3 atom stereocenters. The van der Waals surface area contributed by atoms with E-state index in [1.165, 1.54) is 0 Å². The lowest BCUT2D eigenvalue weighted by atomic mass is 9.81. The predicted molar refractivity (Wildman–Crippen MR) is 186 cm³/mol. The number of nitrogens with zero attached hydrogens (tertiary/aromatic N) is 2. The molecule has 0 aromatic rings. The third-order valence-corrected chi connectivity index (χ3v) is 7.15. The fourth-order valence-corrected chi connectivity index (χ4v) is 4.46. The van der Waals surface area contributed by atoms with Gasteiger partial charge in [0, 0.05) is 38.6 Å². The molecule has 12 nitrogen and oxygen atoms in total. The molecule has 0 aliphatic carbocycles. The van der Waals surface area contributed by atoms with Crippen molar-refractivity contribution in [3.05, 3.63) is 6.04 Å². The second-order valence-electron chi connectivity index (χ2n) is 13.6. The van der Waals surface area contributed by atoms with Gasteiger partial charge in [0.2, 0.25) is 0 Å². The van der Waals surface area contributed by atoms with Crippen LogP contribution < -0.4 is 21.9 Å². The van der Waals surface area contributed by atoms with Gasteiger partial charge in [0.25, 0.3) is 0 Å². The van der Waals surface area contributed by atoms with Crippen molar-refractivity contribution in [2.24, 2.45) is 11.8 Å². The van der Waals surface area contributed by atoms with Crippen LogP contribution in [0.25, 0.3) is 0 Å². The van der Waals surface area contributed by atoms with Crippen molar-refractivity contribution in [3.8, 4) is 0 Å². The molecular formula is C34H75N6O6. The molecule has 0 saturated heterocycles. The number of hydroxylamine groups is 8. The lowest BCUT2D eigenvalue weighted by Crippen LogP contribution is -2.71. The van der Waals surface area contributed by atoms with Crippen molar-refractivity contribution in [3.63, 3.8) is 0 Å². The third kappa shape index (κ3) is 19.5. The van der Waals surface area contributed by atoms with Gasteiger partial charge >= 0.3 is 0 Å². The van der Waals surface area contributed by atoms with Gasteiger partial charge in [0.15, 0.2) is 0 Å². The molecule has 4 N–H and O–H groups in total. The molecule has 0 spiro atoms. The van der Waals surface area contributed by atoms with E-state index in [9.17, 15) is 0 Å². The van der Waals surface area contributed by atoms with Crippen LogP contribution in [0.5, 0.6) is 0 Å². The summed E-state index contributed by atoms with van der Waals surface area (Å²) in [7, 11) is 0. The molecule has 12 heteroatoms. The zero-order chi connectivity index (χ0) is 35.0. The Kier molecular flexibility index (Phi) is 26.1. The first-order chi connectivity index (χ1) is 21.8. The maximum atomic E-state index is 6.57. The minimum Gasteiger partial charge on any atom is -0.302 e. The normalized spacial score (nSPS) is 15.5. The Bertz CT molecular complexity index is 702. The van der Waals surface area contributed by atoms with Gasteiger partial charge in [0.1, 0.15) is 11.7 Å². The van der Waals surface area contributed by atoms with Crippen molar-refractivity contribution in [1.82, 2.24) is 32.0 Å². The van der Waals surface area contributed by atoms with E-state index in [0.29, 0.717) is 64.8 Å². The molecule has 277 valence electrons. The monoisotopic (exact) mass is 664 g/mol. The molecule has 46 heavy (non-hydrogen) atoms. The molecule has 1 radical (unpaired) electrons. The SMILES string of the molecule is CCCCON(CC)CC[C](NOC(C)C)C(NOC(C)CC)(C(CCNOC(C)(C)C)CNOCC(C)C)N(CC)OCCC. The van der Waals surface area contributed by atoms with E-state index in [-0.39, 0.29) is 23.7 Å². The van der Waals surface area contributed by atoms with Gasteiger partial charge in [-0.05, 0) is 79.6 Å². The molecule has 0 bridgehead atoms. The van der Waals surface area contributed by atoms with E-state index in [4.69, 9.17) is 29.0 Å². The highest BCUT2D eigenvalue weighted by Crippen LogP contribution is 2.36. The Labute approximate surface area is 283 Å². The first-order valence-electron chi connectivity index (χ1n) is 18.1.